The van der Waals surface area contributed by atoms with Gasteiger partial charge in [0.25, 0.3) is 5.91 Å². The molecule has 0 fully saturated rings. The maximum absolute atomic E-state index is 13.2. The molecule has 7 heteroatoms. The summed E-state index contributed by atoms with van der Waals surface area (Å²) >= 11 is 6.41. The first-order chi connectivity index (χ1) is 14.8. The van der Waals surface area contributed by atoms with Crippen LogP contribution < -0.4 is 0 Å². The van der Waals surface area contributed by atoms with Crippen molar-refractivity contribution in [3.8, 4) is 5.69 Å². The molecule has 31 heavy (non-hydrogen) atoms. The van der Waals surface area contributed by atoms with Crippen molar-refractivity contribution in [2.24, 2.45) is 0 Å². The molecule has 2 heterocycles. The molecule has 1 aliphatic rings. The Hall–Kier alpha value is -2.83. The molecule has 0 bridgehead atoms. The molecule has 0 aliphatic carbocycles. The zero-order valence-electron chi connectivity index (χ0n) is 18.5. The minimum Gasteiger partial charge on any atom is -0.462 e. The summed E-state index contributed by atoms with van der Waals surface area (Å²) in [6.07, 6.45) is 1.76. The Kier molecular flexibility index (Phi) is 7.03. The van der Waals surface area contributed by atoms with E-state index >= 15 is 0 Å². The number of benzene rings is 1. The topological polar surface area (TPSA) is 60.8 Å². The SMILES string of the molecule is CCOC(=O)C1=C(C)N(CCOC)C(=O)C1=Cc1cc(C)n(-c2ccccc2Cl)c1C. The molecule has 1 amide bonds. The van der Waals surface area contributed by atoms with Crippen LogP contribution in [0, 0.1) is 13.8 Å². The average Bonchev–Trinajstić information content (AvgIpc) is 3.13. The number of carbonyl (C=O) groups excluding carboxylic acids is 2. The van der Waals surface area contributed by atoms with E-state index in [4.69, 9.17) is 21.1 Å². The molecule has 1 aromatic heterocycles. The number of hydrogen-bond acceptors (Lipinski definition) is 4. The van der Waals surface area contributed by atoms with Gasteiger partial charge in [-0.3, -0.25) is 4.79 Å². The number of nitrogens with zero attached hydrogens (tertiary/aromatic N) is 2. The number of methoxy groups -OCH3 is 1. The van der Waals surface area contributed by atoms with Crippen molar-refractivity contribution in [3.63, 3.8) is 0 Å². The third-order valence-corrected chi connectivity index (χ3v) is 5.69. The van der Waals surface area contributed by atoms with Crippen molar-refractivity contribution in [3.05, 3.63) is 69.1 Å². The standard InChI is InChI=1S/C24H27ClN2O4/c1-6-31-24(29)22-17(4)26(11-12-30-5)23(28)19(22)14-18-13-15(2)27(16(18)3)21-10-8-7-9-20(21)25/h7-10,13-14H,6,11-12H2,1-5H3. The van der Waals surface area contributed by atoms with Gasteiger partial charge >= 0.3 is 5.97 Å². The third-order valence-electron chi connectivity index (χ3n) is 5.37. The number of aromatic nitrogens is 1. The van der Waals surface area contributed by atoms with Crippen molar-refractivity contribution in [1.82, 2.24) is 9.47 Å². The number of ether oxygens (including phenoxy) is 2. The molecule has 2 aromatic rings. The fraction of sp³-hybridized carbons (Fsp3) is 0.333. The summed E-state index contributed by atoms with van der Waals surface area (Å²) in [6, 6.07) is 9.58. The van der Waals surface area contributed by atoms with Crippen LogP contribution in [0.15, 0.2) is 47.2 Å². The van der Waals surface area contributed by atoms with Crippen LogP contribution in [0.25, 0.3) is 11.8 Å². The number of hydrogen-bond donors (Lipinski definition) is 0. The first-order valence-corrected chi connectivity index (χ1v) is 10.5. The zero-order chi connectivity index (χ0) is 22.7. The number of aryl methyl sites for hydroxylation is 1. The van der Waals surface area contributed by atoms with Gasteiger partial charge in [0.2, 0.25) is 0 Å². The predicted molar refractivity (Wildman–Crippen MR) is 121 cm³/mol. The van der Waals surface area contributed by atoms with Crippen LogP contribution in [0.3, 0.4) is 0 Å². The van der Waals surface area contributed by atoms with E-state index in [1.807, 2.05) is 48.7 Å². The van der Waals surface area contributed by atoms with Gasteiger partial charge in [-0.25, -0.2) is 4.79 Å². The van der Waals surface area contributed by atoms with E-state index in [9.17, 15) is 9.59 Å². The van der Waals surface area contributed by atoms with E-state index in [0.29, 0.717) is 35.0 Å². The van der Waals surface area contributed by atoms with Gasteiger partial charge in [0.1, 0.15) is 0 Å². The maximum atomic E-state index is 13.2. The average molecular weight is 443 g/mol. The highest BCUT2D eigenvalue weighted by Gasteiger charge is 2.37. The summed E-state index contributed by atoms with van der Waals surface area (Å²) < 4.78 is 12.4. The van der Waals surface area contributed by atoms with Gasteiger partial charge < -0.3 is 18.9 Å². The molecule has 3 rings (SSSR count). The smallest absolute Gasteiger partial charge is 0.340 e. The van der Waals surface area contributed by atoms with E-state index in [1.165, 1.54) is 0 Å². The minimum atomic E-state index is -0.501. The largest absolute Gasteiger partial charge is 0.462 e. The first-order valence-electron chi connectivity index (χ1n) is 10.2. The van der Waals surface area contributed by atoms with Crippen LogP contribution in [0.4, 0.5) is 0 Å². The predicted octanol–water partition coefficient (Wildman–Crippen LogP) is 4.46. The van der Waals surface area contributed by atoms with E-state index in [-0.39, 0.29) is 12.5 Å². The lowest BCUT2D eigenvalue weighted by atomic mass is 10.0. The number of halogens is 1. The highest BCUT2D eigenvalue weighted by atomic mass is 35.5. The Morgan fingerprint density at radius 3 is 2.55 bits per heavy atom. The van der Waals surface area contributed by atoms with Gasteiger partial charge in [0.15, 0.2) is 0 Å². The zero-order valence-corrected chi connectivity index (χ0v) is 19.2. The molecule has 0 spiro atoms. The fourth-order valence-electron chi connectivity index (χ4n) is 3.87. The van der Waals surface area contributed by atoms with Crippen LogP contribution in [0.2, 0.25) is 5.02 Å². The molecular formula is C24H27ClN2O4. The number of allylic oxidation sites excluding steroid dienone is 1. The molecular weight excluding hydrogens is 416 g/mol. The Labute approximate surface area is 187 Å². The molecule has 1 aliphatic heterocycles. The number of amides is 1. The molecule has 0 radical (unpaired) electrons. The number of para-hydroxylation sites is 1. The summed E-state index contributed by atoms with van der Waals surface area (Å²) in [5.74, 6) is -0.737. The van der Waals surface area contributed by atoms with E-state index in [2.05, 4.69) is 0 Å². The summed E-state index contributed by atoms with van der Waals surface area (Å²) in [5.41, 5.74) is 4.79. The highest BCUT2D eigenvalue weighted by molar-refractivity contribution is 6.32. The second-order valence-corrected chi connectivity index (χ2v) is 7.71. The van der Waals surface area contributed by atoms with Gasteiger partial charge in [-0.05, 0) is 57.5 Å². The number of carbonyl (C=O) groups is 2. The molecule has 0 N–H and O–H groups in total. The van der Waals surface area contributed by atoms with Crippen molar-refractivity contribution in [2.45, 2.75) is 27.7 Å². The van der Waals surface area contributed by atoms with E-state index in [1.54, 1.807) is 31.9 Å². The van der Waals surface area contributed by atoms with Gasteiger partial charge in [0.05, 0.1) is 35.1 Å². The van der Waals surface area contributed by atoms with Gasteiger partial charge in [-0.1, -0.05) is 23.7 Å². The summed E-state index contributed by atoms with van der Waals surface area (Å²) in [5, 5.41) is 0.633. The van der Waals surface area contributed by atoms with Crippen LogP contribution >= 0.6 is 11.6 Å². The number of esters is 1. The lowest BCUT2D eigenvalue weighted by Crippen LogP contribution is -2.28. The molecule has 0 unspecified atom stereocenters. The second kappa shape index (κ2) is 9.54. The normalized spacial score (nSPS) is 15.4. The molecule has 6 nitrogen and oxygen atoms in total. The second-order valence-electron chi connectivity index (χ2n) is 7.30. The quantitative estimate of drug-likeness (QED) is 0.469. The van der Waals surface area contributed by atoms with Crippen LogP contribution in [-0.4, -0.2) is 48.2 Å². The van der Waals surface area contributed by atoms with Crippen molar-refractivity contribution >= 4 is 29.6 Å². The Morgan fingerprint density at radius 1 is 1.19 bits per heavy atom. The Bertz CT molecular complexity index is 1080. The van der Waals surface area contributed by atoms with Gasteiger partial charge in [-0.15, -0.1) is 0 Å². The highest BCUT2D eigenvalue weighted by Crippen LogP contribution is 2.33. The maximum Gasteiger partial charge on any atom is 0.340 e. The van der Waals surface area contributed by atoms with Crippen molar-refractivity contribution in [2.75, 3.05) is 26.9 Å². The number of rotatable bonds is 7. The molecule has 164 valence electrons. The summed E-state index contributed by atoms with van der Waals surface area (Å²) in [6.45, 7) is 8.41. The molecule has 0 saturated carbocycles. The summed E-state index contributed by atoms with van der Waals surface area (Å²) in [7, 11) is 1.58. The van der Waals surface area contributed by atoms with Crippen LogP contribution in [0.5, 0.6) is 0 Å². The van der Waals surface area contributed by atoms with Crippen LogP contribution in [0.1, 0.15) is 30.8 Å². The van der Waals surface area contributed by atoms with Crippen molar-refractivity contribution < 1.29 is 19.1 Å². The van der Waals surface area contributed by atoms with Gasteiger partial charge in [0, 0.05) is 30.7 Å². The van der Waals surface area contributed by atoms with E-state index in [0.717, 1.165) is 22.6 Å². The Balaban J connectivity index is 2.11. The third kappa shape index (κ3) is 4.31. The summed E-state index contributed by atoms with van der Waals surface area (Å²) in [4.78, 5) is 27.5. The van der Waals surface area contributed by atoms with E-state index < -0.39 is 5.97 Å². The minimum absolute atomic E-state index is 0.232. The van der Waals surface area contributed by atoms with Gasteiger partial charge in [-0.2, -0.15) is 0 Å². The lowest BCUT2D eigenvalue weighted by Gasteiger charge is -2.16. The van der Waals surface area contributed by atoms with Crippen molar-refractivity contribution in [1.29, 1.82) is 0 Å². The monoisotopic (exact) mass is 442 g/mol. The Morgan fingerprint density at radius 2 is 1.90 bits per heavy atom. The fourth-order valence-corrected chi connectivity index (χ4v) is 4.09. The first kappa shape index (κ1) is 22.8. The van der Waals surface area contributed by atoms with Crippen LogP contribution in [-0.2, 0) is 19.1 Å². The lowest BCUT2D eigenvalue weighted by molar-refractivity contribution is -0.138. The molecule has 0 atom stereocenters. The molecule has 0 saturated heterocycles. The molecule has 1 aromatic carbocycles.